The summed E-state index contributed by atoms with van der Waals surface area (Å²) in [5.41, 5.74) is -0.0963. The quantitative estimate of drug-likeness (QED) is 0.614. The van der Waals surface area contributed by atoms with Crippen LogP contribution in [0.1, 0.15) is 23.2 Å². The van der Waals surface area contributed by atoms with Gasteiger partial charge >= 0.3 is 11.9 Å². The number of amides is 1. The number of halogens is 1. The molecule has 0 bridgehead atoms. The van der Waals surface area contributed by atoms with E-state index in [1.807, 2.05) is 0 Å². The summed E-state index contributed by atoms with van der Waals surface area (Å²) < 4.78 is 0.540. The lowest BCUT2D eigenvalue weighted by Crippen LogP contribution is -2.41. The van der Waals surface area contributed by atoms with Gasteiger partial charge in [-0.25, -0.2) is 4.79 Å². The standard InChI is InChI=1S/C12H12BrNO6/c13-6-1-3-9(15)7(5-6)11(18)14-8(12(19)20)2-4-10(16)17/h1,3,5,8,15H,2,4H2,(H,14,18)(H,16,17)(H,19,20). The molecule has 20 heavy (non-hydrogen) atoms. The van der Waals surface area contributed by atoms with Crippen LogP contribution in [0.25, 0.3) is 0 Å². The Morgan fingerprint density at radius 1 is 1.25 bits per heavy atom. The molecule has 1 rings (SSSR count). The highest BCUT2D eigenvalue weighted by Gasteiger charge is 2.23. The van der Waals surface area contributed by atoms with Crippen LogP contribution in [0.3, 0.4) is 0 Å². The van der Waals surface area contributed by atoms with Crippen molar-refractivity contribution >= 4 is 33.8 Å². The predicted molar refractivity (Wildman–Crippen MR) is 71.6 cm³/mol. The molecular formula is C12H12BrNO6. The van der Waals surface area contributed by atoms with Crippen molar-refractivity contribution in [3.63, 3.8) is 0 Å². The summed E-state index contributed by atoms with van der Waals surface area (Å²) in [7, 11) is 0. The lowest BCUT2D eigenvalue weighted by atomic mass is 10.1. The topological polar surface area (TPSA) is 124 Å². The fourth-order valence-corrected chi connectivity index (χ4v) is 1.81. The first-order chi connectivity index (χ1) is 9.31. The minimum Gasteiger partial charge on any atom is -0.507 e. The second-order valence-electron chi connectivity index (χ2n) is 3.96. The lowest BCUT2D eigenvalue weighted by Gasteiger charge is -2.14. The molecule has 0 aromatic heterocycles. The Morgan fingerprint density at radius 2 is 1.90 bits per heavy atom. The largest absolute Gasteiger partial charge is 0.507 e. The van der Waals surface area contributed by atoms with E-state index in [1.165, 1.54) is 18.2 Å². The van der Waals surface area contributed by atoms with Gasteiger partial charge in [-0.1, -0.05) is 15.9 Å². The van der Waals surface area contributed by atoms with E-state index >= 15 is 0 Å². The number of nitrogens with one attached hydrogen (secondary N) is 1. The maximum Gasteiger partial charge on any atom is 0.326 e. The molecule has 8 heteroatoms. The first-order valence-corrected chi connectivity index (χ1v) is 6.34. The van der Waals surface area contributed by atoms with Crippen molar-refractivity contribution in [2.75, 3.05) is 0 Å². The summed E-state index contributed by atoms with van der Waals surface area (Å²) in [5.74, 6) is -3.58. The Hall–Kier alpha value is -2.09. The summed E-state index contributed by atoms with van der Waals surface area (Å²) >= 11 is 3.12. The average molecular weight is 346 g/mol. The van der Waals surface area contributed by atoms with Gasteiger partial charge < -0.3 is 20.6 Å². The molecule has 4 N–H and O–H groups in total. The number of hydrogen-bond donors (Lipinski definition) is 4. The molecule has 0 saturated heterocycles. The summed E-state index contributed by atoms with van der Waals surface area (Å²) in [6.07, 6.45) is -0.632. The number of carboxylic acid groups (broad SMARTS) is 2. The zero-order chi connectivity index (χ0) is 15.3. The van der Waals surface area contributed by atoms with Gasteiger partial charge in [-0.15, -0.1) is 0 Å². The van der Waals surface area contributed by atoms with Gasteiger partial charge in [-0.05, 0) is 24.6 Å². The van der Waals surface area contributed by atoms with E-state index in [4.69, 9.17) is 10.2 Å². The predicted octanol–water partition coefficient (Wildman–Crippen LogP) is 1.20. The zero-order valence-electron chi connectivity index (χ0n) is 10.2. The smallest absolute Gasteiger partial charge is 0.326 e. The molecule has 1 unspecified atom stereocenters. The number of carboxylic acids is 2. The molecule has 0 saturated carbocycles. The van der Waals surface area contributed by atoms with Crippen molar-refractivity contribution in [3.8, 4) is 5.75 Å². The van der Waals surface area contributed by atoms with Gasteiger partial charge in [-0.3, -0.25) is 9.59 Å². The number of aliphatic carboxylic acids is 2. The third-order valence-electron chi connectivity index (χ3n) is 2.45. The molecule has 0 radical (unpaired) electrons. The fourth-order valence-electron chi connectivity index (χ4n) is 1.45. The minimum absolute atomic E-state index is 0.0963. The highest BCUT2D eigenvalue weighted by Crippen LogP contribution is 2.21. The van der Waals surface area contributed by atoms with Crippen LogP contribution in [0.5, 0.6) is 5.75 Å². The average Bonchev–Trinajstić information content (AvgIpc) is 2.36. The Kier molecular flexibility index (Phi) is 5.51. The van der Waals surface area contributed by atoms with Crippen molar-refractivity contribution in [2.24, 2.45) is 0 Å². The van der Waals surface area contributed by atoms with Crippen LogP contribution in [0.15, 0.2) is 22.7 Å². The Labute approximate surface area is 122 Å². The fraction of sp³-hybridized carbons (Fsp3) is 0.250. The van der Waals surface area contributed by atoms with E-state index in [9.17, 15) is 19.5 Å². The van der Waals surface area contributed by atoms with Gasteiger partial charge in [-0.2, -0.15) is 0 Å². The van der Waals surface area contributed by atoms with Gasteiger partial charge in [0.2, 0.25) is 0 Å². The number of benzene rings is 1. The third kappa shape index (κ3) is 4.54. The van der Waals surface area contributed by atoms with Crippen LogP contribution in [-0.2, 0) is 9.59 Å². The molecule has 0 spiro atoms. The van der Waals surface area contributed by atoms with Crippen molar-refractivity contribution in [2.45, 2.75) is 18.9 Å². The van der Waals surface area contributed by atoms with Gasteiger partial charge in [0.15, 0.2) is 0 Å². The van der Waals surface area contributed by atoms with Crippen LogP contribution in [-0.4, -0.2) is 39.2 Å². The molecule has 0 aliphatic carbocycles. The second kappa shape index (κ2) is 6.90. The number of aromatic hydroxyl groups is 1. The molecule has 108 valence electrons. The first kappa shape index (κ1) is 16.0. The SMILES string of the molecule is O=C(O)CCC(NC(=O)c1cc(Br)ccc1O)C(=O)O. The highest BCUT2D eigenvalue weighted by atomic mass is 79.9. The van der Waals surface area contributed by atoms with Gasteiger partial charge in [0.1, 0.15) is 11.8 Å². The van der Waals surface area contributed by atoms with Crippen LogP contribution in [0.4, 0.5) is 0 Å². The molecule has 1 aromatic carbocycles. The third-order valence-corrected chi connectivity index (χ3v) is 2.95. The monoisotopic (exact) mass is 345 g/mol. The Morgan fingerprint density at radius 3 is 2.45 bits per heavy atom. The summed E-state index contributed by atoms with van der Waals surface area (Å²) in [6.45, 7) is 0. The second-order valence-corrected chi connectivity index (χ2v) is 4.87. The van der Waals surface area contributed by atoms with Crippen molar-refractivity contribution < 1.29 is 29.7 Å². The molecule has 0 aliphatic heterocycles. The van der Waals surface area contributed by atoms with E-state index < -0.39 is 23.9 Å². The molecule has 1 aromatic rings. The number of phenolic OH excluding ortho intramolecular Hbond substituents is 1. The Bertz CT molecular complexity index is 545. The van der Waals surface area contributed by atoms with Crippen molar-refractivity contribution in [1.82, 2.24) is 5.32 Å². The maximum atomic E-state index is 11.9. The van der Waals surface area contributed by atoms with Crippen LogP contribution in [0, 0.1) is 0 Å². The maximum absolute atomic E-state index is 11.9. The van der Waals surface area contributed by atoms with E-state index in [1.54, 1.807) is 0 Å². The number of carbonyl (C=O) groups excluding carboxylic acids is 1. The summed E-state index contributed by atoms with van der Waals surface area (Å²) in [6, 6.07) is 2.80. The van der Waals surface area contributed by atoms with Gasteiger partial charge in [0, 0.05) is 10.9 Å². The molecule has 0 heterocycles. The number of carbonyl (C=O) groups is 3. The zero-order valence-corrected chi connectivity index (χ0v) is 11.8. The first-order valence-electron chi connectivity index (χ1n) is 5.55. The van der Waals surface area contributed by atoms with Crippen LogP contribution >= 0.6 is 15.9 Å². The molecule has 0 fully saturated rings. The van der Waals surface area contributed by atoms with Gasteiger partial charge in [0.05, 0.1) is 5.56 Å². The van der Waals surface area contributed by atoms with Crippen LogP contribution < -0.4 is 5.32 Å². The molecule has 7 nitrogen and oxygen atoms in total. The molecular weight excluding hydrogens is 334 g/mol. The van der Waals surface area contributed by atoms with E-state index in [-0.39, 0.29) is 24.2 Å². The van der Waals surface area contributed by atoms with Crippen molar-refractivity contribution in [1.29, 1.82) is 0 Å². The summed E-state index contributed by atoms with van der Waals surface area (Å²) in [4.78, 5) is 33.3. The van der Waals surface area contributed by atoms with Crippen LogP contribution in [0.2, 0.25) is 0 Å². The lowest BCUT2D eigenvalue weighted by molar-refractivity contribution is -0.140. The van der Waals surface area contributed by atoms with Crippen molar-refractivity contribution in [3.05, 3.63) is 28.2 Å². The molecule has 1 amide bonds. The molecule has 0 aliphatic rings. The van der Waals surface area contributed by atoms with E-state index in [2.05, 4.69) is 21.2 Å². The molecule has 1 atom stereocenters. The Balaban J connectivity index is 2.82. The highest BCUT2D eigenvalue weighted by molar-refractivity contribution is 9.10. The summed E-state index contributed by atoms with van der Waals surface area (Å²) in [5, 5.41) is 29.2. The number of phenols is 1. The van der Waals surface area contributed by atoms with E-state index in [0.29, 0.717) is 4.47 Å². The van der Waals surface area contributed by atoms with Gasteiger partial charge in [0.25, 0.3) is 5.91 Å². The van der Waals surface area contributed by atoms with E-state index in [0.717, 1.165) is 0 Å². The number of rotatable bonds is 6. The normalized spacial score (nSPS) is 11.7. The minimum atomic E-state index is -1.34. The number of hydrogen-bond acceptors (Lipinski definition) is 4.